The van der Waals surface area contributed by atoms with E-state index in [4.69, 9.17) is 13.7 Å². The Labute approximate surface area is 218 Å². The number of rotatable bonds is 6. The average Bonchev–Trinajstić information content (AvgIpc) is 2.69. The smallest absolute Gasteiger partial charge is 0.443 e. The van der Waals surface area contributed by atoms with E-state index in [-0.39, 0.29) is 16.9 Å². The predicted octanol–water partition coefficient (Wildman–Crippen LogP) is 5.80. The van der Waals surface area contributed by atoms with Crippen LogP contribution in [0.3, 0.4) is 0 Å². The van der Waals surface area contributed by atoms with Crippen LogP contribution in [0.2, 0.25) is 0 Å². The van der Waals surface area contributed by atoms with E-state index in [0.717, 1.165) is 18.4 Å². The number of alkyl halides is 3. The molecule has 0 spiro atoms. The van der Waals surface area contributed by atoms with Crippen LogP contribution in [0.5, 0.6) is 5.75 Å². The lowest BCUT2D eigenvalue weighted by molar-refractivity contribution is -0.274. The lowest BCUT2D eigenvalue weighted by atomic mass is 10.0. The Kier molecular flexibility index (Phi) is 9.05. The summed E-state index contributed by atoms with van der Waals surface area (Å²) >= 11 is 0. The Hall–Kier alpha value is -3.39. The number of halogens is 3. The van der Waals surface area contributed by atoms with Crippen LogP contribution in [0.1, 0.15) is 47.1 Å². The summed E-state index contributed by atoms with van der Waals surface area (Å²) in [5, 5.41) is 0. The van der Waals surface area contributed by atoms with Crippen LogP contribution < -0.4 is 9.64 Å². The van der Waals surface area contributed by atoms with Gasteiger partial charge in [0.15, 0.2) is 0 Å². The van der Waals surface area contributed by atoms with Gasteiger partial charge in [0, 0.05) is 11.8 Å². The summed E-state index contributed by atoms with van der Waals surface area (Å²) in [6.07, 6.45) is -5.05. The minimum absolute atomic E-state index is 0.141. The van der Waals surface area contributed by atoms with Crippen LogP contribution in [-0.4, -0.2) is 49.4 Å². The van der Waals surface area contributed by atoms with Crippen molar-refractivity contribution in [2.24, 2.45) is 0 Å². The summed E-state index contributed by atoms with van der Waals surface area (Å²) in [5.74, 6) is -0.734. The Morgan fingerprint density at radius 1 is 0.921 bits per heavy atom. The van der Waals surface area contributed by atoms with Gasteiger partial charge in [0.2, 0.25) is 0 Å². The van der Waals surface area contributed by atoms with Crippen molar-refractivity contribution >= 4 is 28.1 Å². The maximum Gasteiger partial charge on any atom is 0.573 e. The average molecular weight is 563 g/mol. The highest BCUT2D eigenvalue weighted by molar-refractivity contribution is 7.85. The first-order chi connectivity index (χ1) is 17.1. The fourth-order valence-electron chi connectivity index (χ4n) is 2.87. The van der Waals surface area contributed by atoms with Crippen molar-refractivity contribution in [1.29, 1.82) is 0 Å². The molecule has 14 heteroatoms. The summed E-state index contributed by atoms with van der Waals surface area (Å²) in [6, 6.07) is 5.92. The van der Waals surface area contributed by atoms with Crippen LogP contribution in [0.4, 0.5) is 28.6 Å². The van der Waals surface area contributed by atoms with E-state index in [1.165, 1.54) is 24.4 Å². The molecule has 10 nitrogen and oxygen atoms in total. The van der Waals surface area contributed by atoms with Gasteiger partial charge in [-0.25, -0.2) is 14.6 Å². The predicted molar refractivity (Wildman–Crippen MR) is 131 cm³/mol. The number of hydrogen-bond donors (Lipinski definition) is 0. The molecule has 2 amide bonds. The Morgan fingerprint density at radius 3 is 1.84 bits per heavy atom. The fraction of sp³-hybridized carbons (Fsp3) is 0.458. The van der Waals surface area contributed by atoms with Gasteiger partial charge < -0.3 is 14.2 Å². The third kappa shape index (κ3) is 10.2. The van der Waals surface area contributed by atoms with Crippen LogP contribution in [-0.2, 0) is 30.4 Å². The standard InChI is InChI=1S/C24H29F3N2O8S/c1-22(2,3)36-20(30)29(21(31)37-23(4,5)6)19-12-16(14-34-38(7,32)33)18(13-28-19)15-8-10-17(11-9-15)35-24(25,26)27/h8-13H,14H2,1-7H3. The zero-order valence-corrected chi connectivity index (χ0v) is 22.7. The summed E-state index contributed by atoms with van der Waals surface area (Å²) in [4.78, 5) is 30.6. The van der Waals surface area contributed by atoms with Crippen LogP contribution in [0.15, 0.2) is 36.5 Å². The molecular weight excluding hydrogens is 533 g/mol. The lowest BCUT2D eigenvalue weighted by Crippen LogP contribution is -2.44. The van der Waals surface area contributed by atoms with Gasteiger partial charge in [-0.2, -0.15) is 13.3 Å². The molecule has 0 aliphatic carbocycles. The van der Waals surface area contributed by atoms with E-state index >= 15 is 0 Å². The van der Waals surface area contributed by atoms with Crippen LogP contribution in [0, 0.1) is 0 Å². The van der Waals surface area contributed by atoms with E-state index < -0.39 is 52.2 Å². The maximum atomic E-state index is 13.0. The zero-order valence-electron chi connectivity index (χ0n) is 21.9. The molecule has 0 aliphatic heterocycles. The summed E-state index contributed by atoms with van der Waals surface area (Å²) in [7, 11) is -3.92. The normalized spacial score (nSPS) is 12.6. The highest BCUT2D eigenvalue weighted by atomic mass is 32.2. The first-order valence-corrected chi connectivity index (χ1v) is 12.9. The molecule has 0 saturated heterocycles. The number of aromatic nitrogens is 1. The number of benzene rings is 1. The molecule has 0 aliphatic rings. The van der Waals surface area contributed by atoms with Crippen molar-refractivity contribution in [3.05, 3.63) is 42.1 Å². The molecule has 0 fully saturated rings. The number of nitrogens with zero attached hydrogens (tertiary/aromatic N) is 2. The van der Waals surface area contributed by atoms with Crippen molar-refractivity contribution < 1.29 is 49.6 Å². The maximum absolute atomic E-state index is 13.0. The minimum Gasteiger partial charge on any atom is -0.443 e. The van der Waals surface area contributed by atoms with E-state index in [1.807, 2.05) is 0 Å². The molecule has 1 aromatic heterocycles. The number of carbonyl (C=O) groups excluding carboxylic acids is 2. The van der Waals surface area contributed by atoms with Crippen molar-refractivity contribution in [3.63, 3.8) is 0 Å². The van der Waals surface area contributed by atoms with Crippen molar-refractivity contribution in [3.8, 4) is 16.9 Å². The molecular formula is C24H29F3N2O8S. The lowest BCUT2D eigenvalue weighted by Gasteiger charge is -2.28. The number of carbonyl (C=O) groups is 2. The number of anilines is 1. The molecule has 1 aromatic carbocycles. The van der Waals surface area contributed by atoms with Crippen molar-refractivity contribution in [2.75, 3.05) is 11.2 Å². The van der Waals surface area contributed by atoms with Crippen molar-refractivity contribution in [2.45, 2.75) is 65.7 Å². The Balaban J connectivity index is 2.60. The van der Waals surface area contributed by atoms with Gasteiger partial charge in [-0.05, 0) is 70.9 Å². The highest BCUT2D eigenvalue weighted by Gasteiger charge is 2.34. The summed E-state index contributed by atoms with van der Waals surface area (Å²) in [6.45, 7) is 9.00. The van der Waals surface area contributed by atoms with Gasteiger partial charge >= 0.3 is 18.5 Å². The minimum atomic E-state index is -4.88. The second kappa shape index (κ2) is 11.2. The summed E-state index contributed by atoms with van der Waals surface area (Å²) in [5.41, 5.74) is -1.25. The molecule has 0 unspecified atom stereocenters. The van der Waals surface area contributed by atoms with E-state index in [1.54, 1.807) is 41.5 Å². The Bertz CT molecular complexity index is 1240. The molecule has 0 atom stereocenters. The van der Waals surface area contributed by atoms with Gasteiger partial charge in [0.05, 0.1) is 12.9 Å². The molecule has 0 radical (unpaired) electrons. The monoisotopic (exact) mass is 562 g/mol. The number of ether oxygens (including phenoxy) is 3. The number of hydrogen-bond acceptors (Lipinski definition) is 9. The quantitative estimate of drug-likeness (QED) is 0.402. The van der Waals surface area contributed by atoms with Gasteiger partial charge in [-0.3, -0.25) is 4.18 Å². The molecule has 2 aromatic rings. The van der Waals surface area contributed by atoms with Gasteiger partial charge in [-0.1, -0.05) is 12.1 Å². The van der Waals surface area contributed by atoms with Gasteiger partial charge in [0.25, 0.3) is 10.1 Å². The first-order valence-electron chi connectivity index (χ1n) is 11.1. The van der Waals surface area contributed by atoms with Crippen LogP contribution in [0.25, 0.3) is 11.1 Å². The second-order valence-electron chi connectivity index (χ2n) is 10.0. The molecule has 2 rings (SSSR count). The van der Waals surface area contributed by atoms with E-state index in [9.17, 15) is 31.2 Å². The molecule has 210 valence electrons. The largest absolute Gasteiger partial charge is 0.573 e. The molecule has 0 bridgehead atoms. The van der Waals surface area contributed by atoms with E-state index in [0.29, 0.717) is 10.5 Å². The zero-order chi connectivity index (χ0) is 29.1. The fourth-order valence-corrected chi connectivity index (χ4v) is 3.21. The van der Waals surface area contributed by atoms with Crippen molar-refractivity contribution in [1.82, 2.24) is 4.98 Å². The van der Waals surface area contributed by atoms with E-state index in [2.05, 4.69) is 9.72 Å². The first kappa shape index (κ1) is 30.8. The van der Waals surface area contributed by atoms with Gasteiger partial charge in [-0.15, -0.1) is 13.2 Å². The number of imide groups is 1. The third-order valence-corrected chi connectivity index (χ3v) is 4.73. The van der Waals surface area contributed by atoms with Gasteiger partial charge in [0.1, 0.15) is 22.8 Å². The summed E-state index contributed by atoms with van der Waals surface area (Å²) < 4.78 is 80.3. The topological polar surface area (TPSA) is 121 Å². The Morgan fingerprint density at radius 2 is 1.42 bits per heavy atom. The molecule has 0 N–H and O–H groups in total. The SMILES string of the molecule is CC(C)(C)OC(=O)N(C(=O)OC(C)(C)C)c1cc(COS(C)(=O)=O)c(-c2ccc(OC(F)(F)F)cc2)cn1. The molecule has 38 heavy (non-hydrogen) atoms. The second-order valence-corrected chi connectivity index (χ2v) is 11.7. The van der Waals surface area contributed by atoms with Crippen LogP contribution >= 0.6 is 0 Å². The highest BCUT2D eigenvalue weighted by Crippen LogP contribution is 2.31. The molecule has 1 heterocycles. The molecule has 0 saturated carbocycles. The third-order valence-electron chi connectivity index (χ3n) is 4.18. The number of amides is 2. The number of pyridine rings is 1.